The van der Waals surface area contributed by atoms with E-state index in [1.54, 1.807) is 11.3 Å². The first kappa shape index (κ1) is 21.8. The van der Waals surface area contributed by atoms with Gasteiger partial charge in [0.15, 0.2) is 16.6 Å². The number of piperidine rings is 1. The van der Waals surface area contributed by atoms with Crippen LogP contribution < -0.4 is 24.4 Å². The van der Waals surface area contributed by atoms with Crippen LogP contribution >= 0.6 is 11.3 Å². The summed E-state index contributed by atoms with van der Waals surface area (Å²) in [5.41, 5.74) is 2.01. The lowest BCUT2D eigenvalue weighted by Gasteiger charge is -2.31. The Balaban J connectivity index is 1.18. The average molecular weight is 468 g/mol. The molecule has 8 heteroatoms. The Morgan fingerprint density at radius 3 is 2.76 bits per heavy atom. The number of carbonyl (C=O) groups is 1. The molecule has 2 aromatic carbocycles. The van der Waals surface area contributed by atoms with Crippen molar-refractivity contribution in [3.8, 4) is 17.2 Å². The average Bonchev–Trinajstić information content (AvgIpc) is 3.27. The minimum atomic E-state index is -0.0878. The van der Waals surface area contributed by atoms with Crippen molar-refractivity contribution >= 4 is 32.6 Å². The van der Waals surface area contributed by atoms with Crippen molar-refractivity contribution in [2.45, 2.75) is 32.7 Å². The molecule has 7 nitrogen and oxygen atoms in total. The second-order valence-electron chi connectivity index (χ2n) is 8.45. The molecular formula is C25H29N3O4S. The third-order valence-electron chi connectivity index (χ3n) is 6.22. The van der Waals surface area contributed by atoms with Crippen molar-refractivity contribution < 1.29 is 19.0 Å². The third kappa shape index (κ3) is 4.71. The molecule has 1 saturated heterocycles. The predicted octanol–water partition coefficient (Wildman–Crippen LogP) is 4.56. The van der Waals surface area contributed by atoms with Gasteiger partial charge in [0.25, 0.3) is 0 Å². The van der Waals surface area contributed by atoms with Gasteiger partial charge in [-0.15, -0.1) is 0 Å². The van der Waals surface area contributed by atoms with Gasteiger partial charge < -0.3 is 24.4 Å². The number of hydrogen-bond donors (Lipinski definition) is 1. The number of nitrogens with zero attached hydrogens (tertiary/aromatic N) is 2. The second-order valence-corrected chi connectivity index (χ2v) is 9.46. The molecule has 5 rings (SSSR count). The van der Waals surface area contributed by atoms with E-state index in [0.717, 1.165) is 64.1 Å². The van der Waals surface area contributed by atoms with Crippen LogP contribution in [0.3, 0.4) is 0 Å². The minimum Gasteiger partial charge on any atom is -0.494 e. The molecule has 3 heterocycles. The number of anilines is 1. The number of nitrogens with one attached hydrogen (secondary N) is 1. The van der Waals surface area contributed by atoms with Crippen molar-refractivity contribution in [1.29, 1.82) is 0 Å². The Kier molecular flexibility index (Phi) is 6.26. The maximum Gasteiger partial charge on any atom is 0.223 e. The number of hydrogen-bond acceptors (Lipinski definition) is 7. The van der Waals surface area contributed by atoms with Crippen LogP contribution in [0.25, 0.3) is 10.2 Å². The van der Waals surface area contributed by atoms with Gasteiger partial charge in [0.05, 0.1) is 22.9 Å². The monoisotopic (exact) mass is 467 g/mol. The summed E-state index contributed by atoms with van der Waals surface area (Å²) < 4.78 is 18.0. The van der Waals surface area contributed by atoms with Crippen molar-refractivity contribution in [2.24, 2.45) is 5.92 Å². The smallest absolute Gasteiger partial charge is 0.223 e. The van der Waals surface area contributed by atoms with Crippen molar-refractivity contribution in [3.05, 3.63) is 42.0 Å². The Hall–Kier alpha value is -3.00. The zero-order chi connectivity index (χ0) is 22.8. The van der Waals surface area contributed by atoms with Gasteiger partial charge in [-0.05, 0) is 62.6 Å². The van der Waals surface area contributed by atoms with Crippen LogP contribution in [0.4, 0.5) is 5.13 Å². The Morgan fingerprint density at radius 1 is 1.18 bits per heavy atom. The van der Waals surface area contributed by atoms with Crippen LogP contribution in [-0.2, 0) is 4.79 Å². The highest BCUT2D eigenvalue weighted by molar-refractivity contribution is 7.22. The largest absolute Gasteiger partial charge is 0.494 e. The van der Waals surface area contributed by atoms with E-state index in [1.807, 2.05) is 44.2 Å². The Bertz CT molecular complexity index is 1140. The number of aromatic nitrogens is 1. The van der Waals surface area contributed by atoms with E-state index in [2.05, 4.69) is 16.3 Å². The number of rotatable bonds is 6. The lowest BCUT2D eigenvalue weighted by Crippen LogP contribution is -2.41. The fraction of sp³-hybridized carbons (Fsp3) is 0.440. The Labute approximate surface area is 197 Å². The SMILES string of the molecule is CCOc1ccc2nc(N3CCC(C(=O)NC(C)c4ccc5c(c4)OCCO5)CC3)sc2c1. The van der Waals surface area contributed by atoms with Crippen LogP contribution in [0, 0.1) is 5.92 Å². The van der Waals surface area contributed by atoms with Gasteiger partial charge in [0.2, 0.25) is 5.91 Å². The molecule has 33 heavy (non-hydrogen) atoms. The highest BCUT2D eigenvalue weighted by Crippen LogP contribution is 2.35. The number of thiazole rings is 1. The summed E-state index contributed by atoms with van der Waals surface area (Å²) in [6, 6.07) is 11.8. The van der Waals surface area contributed by atoms with Crippen molar-refractivity contribution in [1.82, 2.24) is 10.3 Å². The van der Waals surface area contributed by atoms with Gasteiger partial charge >= 0.3 is 0 Å². The molecule has 174 valence electrons. The highest BCUT2D eigenvalue weighted by atomic mass is 32.1. The van der Waals surface area contributed by atoms with Gasteiger partial charge in [-0.25, -0.2) is 4.98 Å². The topological polar surface area (TPSA) is 72.9 Å². The molecule has 0 aliphatic carbocycles. The van der Waals surface area contributed by atoms with E-state index < -0.39 is 0 Å². The van der Waals surface area contributed by atoms with Crippen LogP contribution in [0.5, 0.6) is 17.2 Å². The van der Waals surface area contributed by atoms with E-state index in [9.17, 15) is 4.79 Å². The molecule has 0 bridgehead atoms. The molecule has 1 atom stereocenters. The summed E-state index contributed by atoms with van der Waals surface area (Å²) in [6.45, 7) is 7.43. The lowest BCUT2D eigenvalue weighted by molar-refractivity contribution is -0.126. The lowest BCUT2D eigenvalue weighted by atomic mass is 9.95. The highest BCUT2D eigenvalue weighted by Gasteiger charge is 2.27. The minimum absolute atomic E-state index is 0.0137. The summed E-state index contributed by atoms with van der Waals surface area (Å²) in [5.74, 6) is 2.52. The molecule has 0 saturated carbocycles. The number of carbonyl (C=O) groups excluding carboxylic acids is 1. The molecule has 2 aliphatic rings. The number of fused-ring (bicyclic) bond motifs is 2. The first-order valence-electron chi connectivity index (χ1n) is 11.6. The summed E-state index contributed by atoms with van der Waals surface area (Å²) in [5, 5.41) is 4.20. The fourth-order valence-electron chi connectivity index (χ4n) is 4.36. The van der Waals surface area contributed by atoms with Gasteiger partial charge in [-0.2, -0.15) is 0 Å². The fourth-order valence-corrected chi connectivity index (χ4v) is 5.41. The Morgan fingerprint density at radius 2 is 1.97 bits per heavy atom. The zero-order valence-corrected chi connectivity index (χ0v) is 19.8. The summed E-state index contributed by atoms with van der Waals surface area (Å²) in [7, 11) is 0. The molecular weight excluding hydrogens is 438 g/mol. The summed E-state index contributed by atoms with van der Waals surface area (Å²) in [4.78, 5) is 20.0. The summed E-state index contributed by atoms with van der Waals surface area (Å²) >= 11 is 1.68. The number of ether oxygens (including phenoxy) is 3. The van der Waals surface area contributed by atoms with Crippen molar-refractivity contribution in [3.63, 3.8) is 0 Å². The molecule has 1 unspecified atom stereocenters. The molecule has 1 fully saturated rings. The molecule has 0 radical (unpaired) electrons. The van der Waals surface area contributed by atoms with Gasteiger partial charge in [0, 0.05) is 19.0 Å². The molecule has 1 aromatic heterocycles. The first-order chi connectivity index (χ1) is 16.1. The van der Waals surface area contributed by atoms with Crippen LogP contribution in [-0.4, -0.2) is 43.8 Å². The molecule has 0 spiro atoms. The van der Waals surface area contributed by atoms with Crippen molar-refractivity contribution in [2.75, 3.05) is 37.8 Å². The van der Waals surface area contributed by atoms with E-state index in [4.69, 9.17) is 19.2 Å². The van der Waals surface area contributed by atoms with Gasteiger partial charge in [0.1, 0.15) is 19.0 Å². The molecule has 1 amide bonds. The first-order valence-corrected chi connectivity index (χ1v) is 12.4. The maximum absolute atomic E-state index is 12.9. The summed E-state index contributed by atoms with van der Waals surface area (Å²) in [6.07, 6.45) is 1.64. The number of benzene rings is 2. The van der Waals surface area contributed by atoms with Crippen LogP contribution in [0.1, 0.15) is 38.3 Å². The number of amides is 1. The van der Waals surface area contributed by atoms with E-state index >= 15 is 0 Å². The maximum atomic E-state index is 12.9. The van der Waals surface area contributed by atoms with Gasteiger partial charge in [-0.1, -0.05) is 17.4 Å². The van der Waals surface area contributed by atoms with E-state index in [0.29, 0.717) is 19.8 Å². The standard InChI is InChI=1S/C25H29N3O4S/c1-3-30-19-5-6-20-23(15-19)33-25(27-20)28-10-8-17(9-11-28)24(29)26-16(2)18-4-7-21-22(14-18)32-13-12-31-21/h4-7,14-17H,3,8-13H2,1-2H3,(H,26,29). The normalized spacial score (nSPS) is 17.1. The molecule has 2 aliphatic heterocycles. The van der Waals surface area contributed by atoms with Crippen LogP contribution in [0.2, 0.25) is 0 Å². The second kappa shape index (κ2) is 9.47. The van der Waals surface area contributed by atoms with Gasteiger partial charge in [-0.3, -0.25) is 4.79 Å². The zero-order valence-electron chi connectivity index (χ0n) is 19.0. The third-order valence-corrected chi connectivity index (χ3v) is 7.30. The quantitative estimate of drug-likeness (QED) is 0.573. The van der Waals surface area contributed by atoms with Crippen LogP contribution in [0.15, 0.2) is 36.4 Å². The van der Waals surface area contributed by atoms with E-state index in [1.165, 1.54) is 0 Å². The van der Waals surface area contributed by atoms with E-state index in [-0.39, 0.29) is 17.9 Å². The predicted molar refractivity (Wildman–Crippen MR) is 130 cm³/mol. The molecule has 3 aromatic rings. The molecule has 1 N–H and O–H groups in total.